The Labute approximate surface area is 134 Å². The number of hydrogen-bond acceptors (Lipinski definition) is 3. The zero-order chi connectivity index (χ0) is 14.9. The molecule has 3 nitrogen and oxygen atoms in total. The zero-order valence-corrected chi connectivity index (χ0v) is 14.4. The summed E-state index contributed by atoms with van der Waals surface area (Å²) in [5.74, 6) is 0.878. The van der Waals surface area contributed by atoms with Crippen LogP contribution in [-0.4, -0.2) is 20.3 Å². The van der Waals surface area contributed by atoms with Crippen molar-refractivity contribution in [2.45, 2.75) is 12.8 Å². The van der Waals surface area contributed by atoms with Crippen molar-refractivity contribution in [1.29, 1.82) is 0 Å². The second kappa shape index (κ2) is 9.02. The van der Waals surface area contributed by atoms with E-state index in [-0.39, 0.29) is 0 Å². The van der Waals surface area contributed by atoms with Gasteiger partial charge in [0.25, 0.3) is 0 Å². The third kappa shape index (κ3) is 5.30. The van der Waals surface area contributed by atoms with Gasteiger partial charge in [-0.05, 0) is 0 Å². The van der Waals surface area contributed by atoms with E-state index in [0.29, 0.717) is 0 Å². The molecule has 1 aliphatic heterocycles. The van der Waals surface area contributed by atoms with Crippen LogP contribution in [0.1, 0.15) is 12.0 Å². The number of halogens is 1. The third-order valence-corrected chi connectivity index (χ3v) is 6.76. The van der Waals surface area contributed by atoms with Crippen molar-refractivity contribution in [3.05, 3.63) is 64.3 Å². The van der Waals surface area contributed by atoms with Gasteiger partial charge in [0.1, 0.15) is 0 Å². The monoisotopic (exact) mass is 400 g/mol. The van der Waals surface area contributed by atoms with Gasteiger partial charge >= 0.3 is 135 Å². The van der Waals surface area contributed by atoms with Gasteiger partial charge in [-0.2, -0.15) is 0 Å². The molecule has 0 aliphatic carbocycles. The van der Waals surface area contributed by atoms with Crippen LogP contribution < -0.4 is 4.74 Å². The summed E-state index contributed by atoms with van der Waals surface area (Å²) in [4.78, 5) is 0. The SMILES string of the molecule is C=C/C=C\C=C(\Cc1cccc(OC)c1)I1OCCCO1. The summed E-state index contributed by atoms with van der Waals surface area (Å²) in [6.07, 6.45) is 9.63. The average molecular weight is 400 g/mol. The fourth-order valence-corrected chi connectivity index (χ4v) is 5.52. The molecule has 0 radical (unpaired) electrons. The second-order valence-electron chi connectivity index (χ2n) is 4.46. The minimum absolute atomic E-state index is 0.811. The number of methoxy groups -OCH3 is 1. The topological polar surface area (TPSA) is 27.7 Å². The number of allylic oxidation sites excluding steroid dienone is 5. The predicted octanol–water partition coefficient (Wildman–Crippen LogP) is 4.64. The molecule has 0 spiro atoms. The van der Waals surface area contributed by atoms with Crippen molar-refractivity contribution >= 4 is 20.6 Å². The summed E-state index contributed by atoms with van der Waals surface area (Å²) >= 11 is -1.93. The van der Waals surface area contributed by atoms with Gasteiger partial charge in [0.15, 0.2) is 0 Å². The van der Waals surface area contributed by atoms with Crippen LogP contribution in [0.2, 0.25) is 0 Å². The fourth-order valence-electron chi connectivity index (χ4n) is 1.86. The molecule has 21 heavy (non-hydrogen) atoms. The number of ether oxygens (including phenoxy) is 1. The van der Waals surface area contributed by atoms with Gasteiger partial charge in [0, 0.05) is 0 Å². The Kier molecular flexibility index (Phi) is 6.99. The van der Waals surface area contributed by atoms with Crippen LogP contribution in [0.4, 0.5) is 0 Å². The van der Waals surface area contributed by atoms with Crippen LogP contribution in [0.5, 0.6) is 5.75 Å². The summed E-state index contributed by atoms with van der Waals surface area (Å²) in [5.41, 5.74) is 1.21. The first-order valence-corrected chi connectivity index (χ1v) is 9.75. The maximum absolute atomic E-state index is 5.87. The molecule has 0 bridgehead atoms. The van der Waals surface area contributed by atoms with Crippen LogP contribution in [0.25, 0.3) is 0 Å². The van der Waals surface area contributed by atoms with Crippen LogP contribution in [0.15, 0.2) is 58.7 Å². The van der Waals surface area contributed by atoms with Gasteiger partial charge in [-0.15, -0.1) is 0 Å². The van der Waals surface area contributed by atoms with Crippen LogP contribution in [0, 0.1) is 0 Å². The van der Waals surface area contributed by atoms with E-state index in [0.717, 1.165) is 31.8 Å². The van der Waals surface area contributed by atoms with E-state index in [1.165, 1.54) is 9.14 Å². The molecule has 2 rings (SSSR count). The predicted molar refractivity (Wildman–Crippen MR) is 94.7 cm³/mol. The molecular formula is C17H21IO3. The van der Waals surface area contributed by atoms with Crippen LogP contribution in [0.3, 0.4) is 0 Å². The van der Waals surface area contributed by atoms with Crippen molar-refractivity contribution < 1.29 is 10.9 Å². The summed E-state index contributed by atoms with van der Waals surface area (Å²) in [5, 5.41) is 0. The Morgan fingerprint density at radius 2 is 2.14 bits per heavy atom. The number of hydrogen-bond donors (Lipinski definition) is 0. The molecule has 0 atom stereocenters. The quantitative estimate of drug-likeness (QED) is 0.515. The number of rotatable bonds is 6. The Morgan fingerprint density at radius 3 is 2.86 bits per heavy atom. The van der Waals surface area contributed by atoms with Crippen molar-refractivity contribution in [3.8, 4) is 5.75 Å². The van der Waals surface area contributed by atoms with E-state index >= 15 is 0 Å². The van der Waals surface area contributed by atoms with E-state index in [1.807, 2.05) is 24.3 Å². The van der Waals surface area contributed by atoms with Crippen LogP contribution >= 0.6 is 20.6 Å². The summed E-state index contributed by atoms with van der Waals surface area (Å²) in [6.45, 7) is 5.32. The molecule has 1 heterocycles. The van der Waals surface area contributed by atoms with E-state index in [9.17, 15) is 0 Å². The van der Waals surface area contributed by atoms with Gasteiger partial charge in [-0.3, -0.25) is 0 Å². The standard InChI is InChI=1S/C17H21IO3/c1-3-4-5-9-16(18-20-11-7-12-21-18)13-15-8-6-10-17(14-15)19-2/h3-6,8-10,14H,1,7,11-13H2,2H3/b5-4-,16-9-. The molecular weight excluding hydrogens is 379 g/mol. The third-order valence-electron chi connectivity index (χ3n) is 2.87. The molecule has 114 valence electrons. The first kappa shape index (κ1) is 16.3. The van der Waals surface area contributed by atoms with Gasteiger partial charge in [-0.25, -0.2) is 0 Å². The maximum atomic E-state index is 5.87. The van der Waals surface area contributed by atoms with Crippen molar-refractivity contribution in [2.24, 2.45) is 0 Å². The summed E-state index contributed by atoms with van der Waals surface area (Å²) in [7, 11) is 1.69. The Bertz CT molecular complexity index is 517. The molecule has 0 saturated carbocycles. The van der Waals surface area contributed by atoms with E-state index < -0.39 is 20.6 Å². The van der Waals surface area contributed by atoms with Gasteiger partial charge in [0.2, 0.25) is 0 Å². The first-order valence-electron chi connectivity index (χ1n) is 6.91. The Morgan fingerprint density at radius 1 is 1.33 bits per heavy atom. The fraction of sp³-hybridized carbons (Fsp3) is 0.294. The van der Waals surface area contributed by atoms with Gasteiger partial charge < -0.3 is 0 Å². The average Bonchev–Trinajstić information content (AvgIpc) is 2.55. The van der Waals surface area contributed by atoms with Crippen LogP contribution in [-0.2, 0) is 12.6 Å². The molecule has 1 aromatic carbocycles. The van der Waals surface area contributed by atoms with Crippen molar-refractivity contribution in [3.63, 3.8) is 0 Å². The molecule has 0 aromatic heterocycles. The van der Waals surface area contributed by atoms with Gasteiger partial charge in [0.05, 0.1) is 0 Å². The van der Waals surface area contributed by atoms with E-state index in [4.69, 9.17) is 10.9 Å². The molecule has 0 amide bonds. The molecule has 1 aliphatic rings. The van der Waals surface area contributed by atoms with Gasteiger partial charge in [-0.1, -0.05) is 0 Å². The van der Waals surface area contributed by atoms with Crippen molar-refractivity contribution in [1.82, 2.24) is 0 Å². The van der Waals surface area contributed by atoms with E-state index in [1.54, 1.807) is 13.2 Å². The van der Waals surface area contributed by atoms with Crippen molar-refractivity contribution in [2.75, 3.05) is 20.3 Å². The summed E-state index contributed by atoms with van der Waals surface area (Å²) in [6, 6.07) is 8.13. The Hall–Kier alpha value is -1.11. The molecule has 0 N–H and O–H groups in total. The van der Waals surface area contributed by atoms with E-state index in [2.05, 4.69) is 24.8 Å². The first-order chi connectivity index (χ1) is 10.3. The zero-order valence-electron chi connectivity index (χ0n) is 12.3. The second-order valence-corrected chi connectivity index (χ2v) is 8.33. The molecule has 1 aromatic rings. The summed E-state index contributed by atoms with van der Waals surface area (Å²) < 4.78 is 18.3. The molecule has 0 unspecified atom stereocenters. The number of benzene rings is 1. The Balaban J connectivity index is 2.15. The molecule has 4 heteroatoms. The molecule has 1 saturated heterocycles. The normalized spacial score (nSPS) is 18.0. The minimum atomic E-state index is -1.93. The molecule has 1 fully saturated rings.